The van der Waals surface area contributed by atoms with E-state index in [1.54, 1.807) is 0 Å². The molecule has 0 spiro atoms. The molecule has 116 valence electrons. The number of halogens is 3. The van der Waals surface area contributed by atoms with Crippen LogP contribution < -0.4 is 16.4 Å². The Labute approximate surface area is 119 Å². The Bertz CT molecular complexity index is 514. The highest BCUT2D eigenvalue weighted by molar-refractivity contribution is 5.94. The molecule has 8 heteroatoms. The lowest BCUT2D eigenvalue weighted by molar-refractivity contribution is -0.137. The Hall–Kier alpha value is -1.80. The smallest absolute Gasteiger partial charge is 0.397 e. The molecule has 1 aromatic carbocycles. The molecule has 1 atom stereocenters. The van der Waals surface area contributed by atoms with Crippen molar-refractivity contribution in [2.45, 2.75) is 18.6 Å². The maximum atomic E-state index is 12.6. The SMILES string of the molecule is Nc1ccc(C(F)(F)F)cc1NC(=O)CC1COCCN1. The first-order valence-electron chi connectivity index (χ1n) is 6.44. The van der Waals surface area contributed by atoms with Gasteiger partial charge in [-0.15, -0.1) is 0 Å². The first kappa shape index (κ1) is 15.6. The van der Waals surface area contributed by atoms with Crippen molar-refractivity contribution in [3.63, 3.8) is 0 Å². The molecule has 1 aliphatic rings. The maximum absolute atomic E-state index is 12.6. The van der Waals surface area contributed by atoms with Crippen LogP contribution in [0.1, 0.15) is 12.0 Å². The molecule has 0 radical (unpaired) electrons. The molecule has 1 amide bonds. The number of nitrogens with two attached hydrogens (primary N) is 1. The number of rotatable bonds is 3. The topological polar surface area (TPSA) is 76.4 Å². The number of amides is 1. The van der Waals surface area contributed by atoms with Crippen LogP contribution in [0.5, 0.6) is 0 Å². The third kappa shape index (κ3) is 4.33. The fourth-order valence-corrected chi connectivity index (χ4v) is 2.02. The lowest BCUT2D eigenvalue weighted by Gasteiger charge is -2.23. The van der Waals surface area contributed by atoms with E-state index in [0.29, 0.717) is 19.8 Å². The number of alkyl halides is 3. The van der Waals surface area contributed by atoms with Crippen molar-refractivity contribution in [1.29, 1.82) is 0 Å². The summed E-state index contributed by atoms with van der Waals surface area (Å²) in [5.41, 5.74) is 4.79. The van der Waals surface area contributed by atoms with Gasteiger partial charge in [0, 0.05) is 19.0 Å². The highest BCUT2D eigenvalue weighted by atomic mass is 19.4. The molecule has 0 aliphatic carbocycles. The standard InChI is InChI=1S/C13H16F3N3O2/c14-13(15,16)8-1-2-10(17)11(5-8)19-12(20)6-9-7-21-4-3-18-9/h1-2,5,9,18H,3-4,6-7,17H2,(H,19,20). The number of morpholine rings is 1. The fourth-order valence-electron chi connectivity index (χ4n) is 2.02. The van der Waals surface area contributed by atoms with Gasteiger partial charge in [0.25, 0.3) is 0 Å². The molecule has 1 fully saturated rings. The van der Waals surface area contributed by atoms with Gasteiger partial charge < -0.3 is 21.1 Å². The van der Waals surface area contributed by atoms with Crippen LogP contribution in [0.2, 0.25) is 0 Å². The third-order valence-corrected chi connectivity index (χ3v) is 3.08. The summed E-state index contributed by atoms with van der Waals surface area (Å²) in [6, 6.07) is 2.69. The molecule has 1 heterocycles. The van der Waals surface area contributed by atoms with E-state index in [4.69, 9.17) is 10.5 Å². The average Bonchev–Trinajstić information content (AvgIpc) is 2.41. The van der Waals surface area contributed by atoms with E-state index < -0.39 is 17.6 Å². The van der Waals surface area contributed by atoms with Crippen LogP contribution in [0, 0.1) is 0 Å². The van der Waals surface area contributed by atoms with Gasteiger partial charge in [0.15, 0.2) is 0 Å². The zero-order valence-electron chi connectivity index (χ0n) is 11.2. The summed E-state index contributed by atoms with van der Waals surface area (Å²) in [7, 11) is 0. The first-order valence-corrected chi connectivity index (χ1v) is 6.44. The van der Waals surface area contributed by atoms with E-state index in [0.717, 1.165) is 18.2 Å². The molecular formula is C13H16F3N3O2. The number of carbonyl (C=O) groups is 1. The second-order valence-corrected chi connectivity index (χ2v) is 4.78. The van der Waals surface area contributed by atoms with Crippen molar-refractivity contribution in [3.8, 4) is 0 Å². The fraction of sp³-hybridized carbons (Fsp3) is 0.462. The van der Waals surface area contributed by atoms with Gasteiger partial charge in [0.2, 0.25) is 5.91 Å². The lowest BCUT2D eigenvalue weighted by Crippen LogP contribution is -2.43. The summed E-state index contributed by atoms with van der Waals surface area (Å²) in [6.45, 7) is 1.62. The quantitative estimate of drug-likeness (QED) is 0.741. The van der Waals surface area contributed by atoms with Gasteiger partial charge in [-0.2, -0.15) is 13.2 Å². The molecule has 0 aromatic heterocycles. The minimum absolute atomic E-state index is 0.0356. The molecule has 0 bridgehead atoms. The Morgan fingerprint density at radius 2 is 2.24 bits per heavy atom. The summed E-state index contributed by atoms with van der Waals surface area (Å²) < 4.78 is 43.1. The van der Waals surface area contributed by atoms with Crippen molar-refractivity contribution in [2.24, 2.45) is 0 Å². The average molecular weight is 303 g/mol. The molecule has 1 aliphatic heterocycles. The van der Waals surface area contributed by atoms with Gasteiger partial charge >= 0.3 is 6.18 Å². The lowest BCUT2D eigenvalue weighted by atomic mass is 10.1. The van der Waals surface area contributed by atoms with Crippen LogP contribution in [0.15, 0.2) is 18.2 Å². The van der Waals surface area contributed by atoms with Gasteiger partial charge in [-0.1, -0.05) is 0 Å². The van der Waals surface area contributed by atoms with Crippen LogP contribution in [0.25, 0.3) is 0 Å². The number of benzene rings is 1. The van der Waals surface area contributed by atoms with Gasteiger partial charge in [0.05, 0.1) is 30.2 Å². The Morgan fingerprint density at radius 1 is 1.48 bits per heavy atom. The molecule has 2 rings (SSSR count). The molecule has 1 aromatic rings. The largest absolute Gasteiger partial charge is 0.416 e. The molecule has 21 heavy (non-hydrogen) atoms. The summed E-state index contributed by atoms with van der Waals surface area (Å²) in [4.78, 5) is 11.9. The zero-order valence-corrected chi connectivity index (χ0v) is 11.2. The monoisotopic (exact) mass is 303 g/mol. The van der Waals surface area contributed by atoms with E-state index in [1.165, 1.54) is 0 Å². The van der Waals surface area contributed by atoms with Crippen LogP contribution in [0.4, 0.5) is 24.5 Å². The normalized spacial score (nSPS) is 19.3. The predicted octanol–water partition coefficient (Wildman–Crippen LogP) is 1.60. The van der Waals surface area contributed by atoms with E-state index in [1.807, 2.05) is 0 Å². The molecule has 0 saturated carbocycles. The maximum Gasteiger partial charge on any atom is 0.416 e. The number of nitrogens with one attached hydrogen (secondary N) is 2. The second kappa shape index (κ2) is 6.31. The van der Waals surface area contributed by atoms with Crippen molar-refractivity contribution >= 4 is 17.3 Å². The Morgan fingerprint density at radius 3 is 2.86 bits per heavy atom. The van der Waals surface area contributed by atoms with Crippen LogP contribution in [-0.4, -0.2) is 31.7 Å². The van der Waals surface area contributed by atoms with E-state index in [-0.39, 0.29) is 23.8 Å². The number of hydrogen-bond acceptors (Lipinski definition) is 4. The van der Waals surface area contributed by atoms with Crippen molar-refractivity contribution < 1.29 is 22.7 Å². The third-order valence-electron chi connectivity index (χ3n) is 3.08. The highest BCUT2D eigenvalue weighted by Crippen LogP contribution is 2.33. The number of nitrogen functional groups attached to an aromatic ring is 1. The molecule has 5 nitrogen and oxygen atoms in total. The van der Waals surface area contributed by atoms with E-state index in [9.17, 15) is 18.0 Å². The van der Waals surface area contributed by atoms with Gasteiger partial charge in [-0.25, -0.2) is 0 Å². The van der Waals surface area contributed by atoms with Crippen molar-refractivity contribution in [3.05, 3.63) is 23.8 Å². The van der Waals surface area contributed by atoms with Crippen LogP contribution >= 0.6 is 0 Å². The Kier molecular flexibility index (Phi) is 4.69. The van der Waals surface area contributed by atoms with Gasteiger partial charge in [-0.3, -0.25) is 4.79 Å². The summed E-state index contributed by atoms with van der Waals surface area (Å²) in [5.74, 6) is -0.413. The minimum atomic E-state index is -4.48. The second-order valence-electron chi connectivity index (χ2n) is 4.78. The summed E-state index contributed by atoms with van der Waals surface area (Å²) in [5, 5.41) is 5.50. The van der Waals surface area contributed by atoms with E-state index in [2.05, 4.69) is 10.6 Å². The molecule has 1 saturated heterocycles. The minimum Gasteiger partial charge on any atom is -0.397 e. The number of anilines is 2. The summed E-state index contributed by atoms with van der Waals surface area (Å²) in [6.07, 6.45) is -4.37. The van der Waals surface area contributed by atoms with Crippen LogP contribution in [0.3, 0.4) is 0 Å². The van der Waals surface area contributed by atoms with Crippen molar-refractivity contribution in [2.75, 3.05) is 30.8 Å². The number of carbonyl (C=O) groups excluding carboxylic acids is 1. The molecular weight excluding hydrogens is 287 g/mol. The van der Waals surface area contributed by atoms with Crippen LogP contribution in [-0.2, 0) is 15.7 Å². The summed E-state index contributed by atoms with van der Waals surface area (Å²) >= 11 is 0. The Balaban J connectivity index is 2.02. The van der Waals surface area contributed by atoms with Gasteiger partial charge in [0.1, 0.15) is 0 Å². The number of ether oxygens (including phenoxy) is 1. The van der Waals surface area contributed by atoms with E-state index >= 15 is 0 Å². The highest BCUT2D eigenvalue weighted by Gasteiger charge is 2.31. The zero-order chi connectivity index (χ0) is 15.5. The molecule has 1 unspecified atom stereocenters. The predicted molar refractivity (Wildman–Crippen MR) is 71.7 cm³/mol. The van der Waals surface area contributed by atoms with Crippen molar-refractivity contribution in [1.82, 2.24) is 5.32 Å². The molecule has 4 N–H and O–H groups in total. The van der Waals surface area contributed by atoms with Gasteiger partial charge in [-0.05, 0) is 18.2 Å². The first-order chi connectivity index (χ1) is 9.86. The number of hydrogen-bond donors (Lipinski definition) is 3.